The molecule has 1 aliphatic rings. The SMILES string of the molecule is CC(C)(C)c1ccc(OC(=O)CCCC2CCCN(C(=N)N)C2)cc1. The highest BCUT2D eigenvalue weighted by Gasteiger charge is 2.20. The molecule has 1 atom stereocenters. The number of nitrogens with zero attached hydrogens (tertiary/aromatic N) is 1. The molecular formula is C20H31N3O2. The predicted molar refractivity (Wildman–Crippen MR) is 101 cm³/mol. The number of guanidine groups is 1. The highest BCUT2D eigenvalue weighted by Crippen LogP contribution is 2.25. The first-order valence-corrected chi connectivity index (χ1v) is 9.16. The molecule has 2 rings (SSSR count). The lowest BCUT2D eigenvalue weighted by atomic mass is 9.87. The molecule has 5 heteroatoms. The summed E-state index contributed by atoms with van der Waals surface area (Å²) in [6, 6.07) is 7.76. The summed E-state index contributed by atoms with van der Waals surface area (Å²) in [4.78, 5) is 13.9. The zero-order chi connectivity index (χ0) is 18.4. The Morgan fingerprint density at radius 2 is 2.00 bits per heavy atom. The van der Waals surface area contributed by atoms with Crippen molar-refractivity contribution < 1.29 is 9.53 Å². The van der Waals surface area contributed by atoms with Gasteiger partial charge in [0.2, 0.25) is 0 Å². The molecule has 0 spiro atoms. The van der Waals surface area contributed by atoms with Crippen molar-refractivity contribution >= 4 is 11.9 Å². The Morgan fingerprint density at radius 3 is 2.60 bits per heavy atom. The summed E-state index contributed by atoms with van der Waals surface area (Å²) in [7, 11) is 0. The van der Waals surface area contributed by atoms with Gasteiger partial charge in [-0.05, 0) is 54.7 Å². The third kappa shape index (κ3) is 6.07. The van der Waals surface area contributed by atoms with E-state index < -0.39 is 0 Å². The van der Waals surface area contributed by atoms with Crippen LogP contribution in [-0.4, -0.2) is 29.9 Å². The number of benzene rings is 1. The average Bonchev–Trinajstić information content (AvgIpc) is 2.54. The number of carbonyl (C=O) groups excluding carboxylic acids is 1. The van der Waals surface area contributed by atoms with Gasteiger partial charge in [-0.25, -0.2) is 0 Å². The average molecular weight is 345 g/mol. The van der Waals surface area contributed by atoms with E-state index in [0.29, 0.717) is 18.1 Å². The molecule has 5 nitrogen and oxygen atoms in total. The second-order valence-electron chi connectivity index (χ2n) is 7.98. The van der Waals surface area contributed by atoms with Gasteiger partial charge in [0.1, 0.15) is 5.75 Å². The summed E-state index contributed by atoms with van der Waals surface area (Å²) < 4.78 is 5.43. The van der Waals surface area contributed by atoms with Crippen LogP contribution < -0.4 is 10.5 Å². The number of carbonyl (C=O) groups is 1. The topological polar surface area (TPSA) is 79.4 Å². The monoisotopic (exact) mass is 345 g/mol. The van der Waals surface area contributed by atoms with Crippen LogP contribution in [-0.2, 0) is 10.2 Å². The number of rotatable bonds is 5. The van der Waals surface area contributed by atoms with Crippen LogP contribution >= 0.6 is 0 Å². The van der Waals surface area contributed by atoms with Crippen molar-refractivity contribution in [3.8, 4) is 5.75 Å². The predicted octanol–water partition coefficient (Wildman–Crippen LogP) is 3.67. The van der Waals surface area contributed by atoms with Crippen LogP contribution in [0.4, 0.5) is 0 Å². The van der Waals surface area contributed by atoms with Crippen LogP contribution in [0.1, 0.15) is 58.4 Å². The molecule has 0 bridgehead atoms. The zero-order valence-electron chi connectivity index (χ0n) is 15.7. The van der Waals surface area contributed by atoms with Crippen LogP contribution in [0.2, 0.25) is 0 Å². The molecule has 1 aromatic rings. The fraction of sp³-hybridized carbons (Fsp3) is 0.600. The number of ether oxygens (including phenoxy) is 1. The lowest BCUT2D eigenvalue weighted by Crippen LogP contribution is -2.43. The smallest absolute Gasteiger partial charge is 0.311 e. The van der Waals surface area contributed by atoms with Gasteiger partial charge in [0.05, 0.1) is 0 Å². The van der Waals surface area contributed by atoms with Gasteiger partial charge < -0.3 is 15.4 Å². The van der Waals surface area contributed by atoms with Crippen molar-refractivity contribution in [3.63, 3.8) is 0 Å². The molecule has 1 saturated heterocycles. The molecule has 0 radical (unpaired) electrons. The van der Waals surface area contributed by atoms with Crippen LogP contribution in [0.3, 0.4) is 0 Å². The fourth-order valence-electron chi connectivity index (χ4n) is 3.26. The van der Waals surface area contributed by atoms with Gasteiger partial charge >= 0.3 is 5.97 Å². The molecule has 1 unspecified atom stereocenters. The van der Waals surface area contributed by atoms with Crippen molar-refractivity contribution in [1.29, 1.82) is 5.41 Å². The van der Waals surface area contributed by atoms with Crippen molar-refractivity contribution in [2.45, 2.75) is 58.3 Å². The van der Waals surface area contributed by atoms with Crippen LogP contribution in [0.25, 0.3) is 0 Å². The number of piperidine rings is 1. The maximum Gasteiger partial charge on any atom is 0.311 e. The van der Waals surface area contributed by atoms with Crippen LogP contribution in [0, 0.1) is 11.3 Å². The van der Waals surface area contributed by atoms with E-state index in [0.717, 1.165) is 38.8 Å². The first-order chi connectivity index (χ1) is 11.8. The Balaban J connectivity index is 1.73. The summed E-state index contributed by atoms with van der Waals surface area (Å²) in [5.41, 5.74) is 6.88. The zero-order valence-corrected chi connectivity index (χ0v) is 15.7. The summed E-state index contributed by atoms with van der Waals surface area (Å²) >= 11 is 0. The van der Waals surface area contributed by atoms with E-state index in [2.05, 4.69) is 20.8 Å². The normalized spacial score (nSPS) is 18.0. The Kier molecular flexibility index (Phi) is 6.45. The fourth-order valence-corrected chi connectivity index (χ4v) is 3.26. The van der Waals surface area contributed by atoms with Gasteiger partial charge in [-0.2, -0.15) is 0 Å². The molecule has 25 heavy (non-hydrogen) atoms. The first kappa shape index (κ1) is 19.3. The molecule has 1 aromatic carbocycles. The quantitative estimate of drug-likeness (QED) is 0.369. The Hall–Kier alpha value is -2.04. The maximum absolute atomic E-state index is 12.0. The van der Waals surface area contributed by atoms with Crippen molar-refractivity contribution in [1.82, 2.24) is 4.90 Å². The number of likely N-dealkylation sites (tertiary alicyclic amines) is 1. The van der Waals surface area contributed by atoms with Crippen LogP contribution in [0.15, 0.2) is 24.3 Å². The van der Waals surface area contributed by atoms with Gasteiger partial charge in [-0.3, -0.25) is 10.2 Å². The maximum atomic E-state index is 12.0. The second-order valence-corrected chi connectivity index (χ2v) is 7.98. The molecule has 1 heterocycles. The van der Waals surface area contributed by atoms with E-state index in [1.807, 2.05) is 29.2 Å². The van der Waals surface area contributed by atoms with Gasteiger partial charge in [0, 0.05) is 19.5 Å². The highest BCUT2D eigenvalue weighted by atomic mass is 16.5. The molecule has 0 saturated carbocycles. The number of esters is 1. The Morgan fingerprint density at radius 1 is 1.32 bits per heavy atom. The van der Waals surface area contributed by atoms with Gasteiger partial charge in [0.15, 0.2) is 5.96 Å². The summed E-state index contributed by atoms with van der Waals surface area (Å²) in [6.45, 7) is 8.18. The second kappa shape index (κ2) is 8.37. The molecule has 3 N–H and O–H groups in total. The number of nitrogens with one attached hydrogen (secondary N) is 1. The molecule has 1 fully saturated rings. The molecule has 1 aliphatic heterocycles. The van der Waals surface area contributed by atoms with Crippen molar-refractivity contribution in [2.24, 2.45) is 11.7 Å². The van der Waals surface area contributed by atoms with Gasteiger partial charge in [-0.1, -0.05) is 32.9 Å². The molecule has 0 aliphatic carbocycles. The van der Waals surface area contributed by atoms with Crippen LogP contribution in [0.5, 0.6) is 5.75 Å². The minimum absolute atomic E-state index is 0.0935. The molecular weight excluding hydrogens is 314 g/mol. The third-order valence-corrected chi connectivity index (χ3v) is 4.80. The van der Waals surface area contributed by atoms with Gasteiger partial charge in [0.25, 0.3) is 0 Å². The Labute approximate surface area is 151 Å². The summed E-state index contributed by atoms with van der Waals surface area (Å²) in [5.74, 6) is 1.10. The number of hydrogen-bond acceptors (Lipinski definition) is 3. The summed E-state index contributed by atoms with van der Waals surface area (Å²) in [5, 5.41) is 7.53. The largest absolute Gasteiger partial charge is 0.427 e. The lowest BCUT2D eigenvalue weighted by Gasteiger charge is -2.32. The highest BCUT2D eigenvalue weighted by molar-refractivity contribution is 5.74. The van der Waals surface area contributed by atoms with E-state index >= 15 is 0 Å². The van der Waals surface area contributed by atoms with E-state index in [-0.39, 0.29) is 17.3 Å². The van der Waals surface area contributed by atoms with Crippen molar-refractivity contribution in [2.75, 3.05) is 13.1 Å². The van der Waals surface area contributed by atoms with Gasteiger partial charge in [-0.15, -0.1) is 0 Å². The lowest BCUT2D eigenvalue weighted by molar-refractivity contribution is -0.134. The number of nitrogens with two attached hydrogens (primary N) is 1. The minimum Gasteiger partial charge on any atom is -0.427 e. The standard InChI is InChI=1S/C20H31N3O2/c1-20(2,3)16-9-11-17(12-10-16)25-18(24)8-4-6-15-7-5-13-23(14-15)19(21)22/h9-12,15H,4-8,13-14H2,1-3H3,(H3,21,22). The van der Waals surface area contributed by atoms with E-state index in [1.165, 1.54) is 5.56 Å². The van der Waals surface area contributed by atoms with E-state index in [1.54, 1.807) is 0 Å². The van der Waals surface area contributed by atoms with Crippen molar-refractivity contribution in [3.05, 3.63) is 29.8 Å². The Bertz CT molecular complexity index is 590. The third-order valence-electron chi connectivity index (χ3n) is 4.80. The van der Waals surface area contributed by atoms with E-state index in [9.17, 15) is 4.79 Å². The van der Waals surface area contributed by atoms with E-state index in [4.69, 9.17) is 15.9 Å². The minimum atomic E-state index is -0.178. The molecule has 138 valence electrons. The number of hydrogen-bond donors (Lipinski definition) is 2. The molecule has 0 aromatic heterocycles. The summed E-state index contributed by atoms with van der Waals surface area (Å²) in [6.07, 6.45) is 4.43. The first-order valence-electron chi connectivity index (χ1n) is 9.16. The molecule has 0 amide bonds.